The number of aromatic nitrogens is 1. The predicted octanol–water partition coefficient (Wildman–Crippen LogP) is 2.11. The number of pyridine rings is 1. The Balaban J connectivity index is 1.46. The lowest BCUT2D eigenvalue weighted by atomic mass is 10.1. The van der Waals surface area contributed by atoms with Crippen LogP contribution in [0.1, 0.15) is 5.56 Å². The van der Waals surface area contributed by atoms with E-state index in [9.17, 15) is 4.79 Å². The van der Waals surface area contributed by atoms with Gasteiger partial charge in [-0.05, 0) is 17.7 Å². The maximum Gasteiger partial charge on any atom is 0.317 e. The highest BCUT2D eigenvalue weighted by Crippen LogP contribution is 2.20. The average Bonchev–Trinajstić information content (AvgIpc) is 2.53. The van der Waals surface area contributed by atoms with E-state index >= 15 is 0 Å². The normalized spacial score (nSPS) is 14.3. The summed E-state index contributed by atoms with van der Waals surface area (Å²) in [6, 6.07) is 16.0. The van der Waals surface area contributed by atoms with Gasteiger partial charge in [-0.15, -0.1) is 0 Å². The molecule has 2 amide bonds. The first-order valence-electron chi connectivity index (χ1n) is 7.44. The van der Waals surface area contributed by atoms with E-state index in [4.69, 9.17) is 0 Å². The Labute approximate surface area is 130 Å². The van der Waals surface area contributed by atoms with E-state index in [2.05, 4.69) is 15.2 Å². The molecule has 3 rings (SSSR count). The van der Waals surface area contributed by atoms with E-state index < -0.39 is 0 Å². The Morgan fingerprint density at radius 3 is 2.64 bits per heavy atom. The van der Waals surface area contributed by atoms with Crippen molar-refractivity contribution < 1.29 is 4.79 Å². The van der Waals surface area contributed by atoms with Crippen molar-refractivity contribution in [2.75, 3.05) is 25.0 Å². The molecule has 1 saturated heterocycles. The van der Waals surface area contributed by atoms with Crippen LogP contribution in [0.3, 0.4) is 0 Å². The Morgan fingerprint density at radius 1 is 1.23 bits per heavy atom. The summed E-state index contributed by atoms with van der Waals surface area (Å²) in [4.78, 5) is 20.4. The standard InChI is InChI=1S/C17H20N4O/c1-20(17(22)19-11-14-7-3-2-4-8-14)15-12-21(13-15)16-9-5-6-10-18-16/h2-10,15H,11-13H2,1H3,(H,19,22). The number of anilines is 1. The van der Waals surface area contributed by atoms with Crippen molar-refractivity contribution in [1.29, 1.82) is 0 Å². The number of rotatable bonds is 4. The number of carbonyl (C=O) groups excluding carboxylic acids is 1. The van der Waals surface area contributed by atoms with Gasteiger partial charge in [0.1, 0.15) is 5.82 Å². The summed E-state index contributed by atoms with van der Waals surface area (Å²) in [5, 5.41) is 2.96. The summed E-state index contributed by atoms with van der Waals surface area (Å²) in [5.74, 6) is 0.969. The average molecular weight is 296 g/mol. The number of nitrogens with zero attached hydrogens (tertiary/aromatic N) is 3. The number of amides is 2. The van der Waals surface area contributed by atoms with Gasteiger partial charge in [-0.25, -0.2) is 9.78 Å². The van der Waals surface area contributed by atoms with Gasteiger partial charge in [0.05, 0.1) is 6.04 Å². The number of hydrogen-bond acceptors (Lipinski definition) is 3. The molecule has 0 atom stereocenters. The van der Waals surface area contributed by atoms with E-state index in [1.807, 2.05) is 55.6 Å². The second-order valence-corrected chi connectivity index (χ2v) is 5.50. The van der Waals surface area contributed by atoms with Crippen molar-refractivity contribution in [2.45, 2.75) is 12.6 Å². The molecule has 0 spiro atoms. The third-order valence-corrected chi connectivity index (χ3v) is 3.99. The van der Waals surface area contributed by atoms with Gasteiger partial charge in [-0.1, -0.05) is 36.4 Å². The van der Waals surface area contributed by atoms with Crippen LogP contribution in [0.15, 0.2) is 54.7 Å². The Kier molecular flexibility index (Phi) is 4.23. The molecule has 0 unspecified atom stereocenters. The van der Waals surface area contributed by atoms with Crippen LogP contribution >= 0.6 is 0 Å². The van der Waals surface area contributed by atoms with Gasteiger partial charge in [-0.3, -0.25) is 0 Å². The van der Waals surface area contributed by atoms with E-state index in [0.717, 1.165) is 24.5 Å². The van der Waals surface area contributed by atoms with Crippen LogP contribution in [-0.4, -0.2) is 42.1 Å². The Morgan fingerprint density at radius 2 is 1.95 bits per heavy atom. The molecular weight excluding hydrogens is 276 g/mol. The number of urea groups is 1. The van der Waals surface area contributed by atoms with Gasteiger partial charge < -0.3 is 15.1 Å². The molecule has 1 N–H and O–H groups in total. The zero-order valence-corrected chi connectivity index (χ0v) is 12.6. The second-order valence-electron chi connectivity index (χ2n) is 5.50. The van der Waals surface area contributed by atoms with Crippen LogP contribution in [-0.2, 0) is 6.54 Å². The lowest BCUT2D eigenvalue weighted by Crippen LogP contribution is -2.61. The van der Waals surface area contributed by atoms with Crippen molar-refractivity contribution in [3.05, 3.63) is 60.3 Å². The van der Waals surface area contributed by atoms with Crippen LogP contribution in [0.2, 0.25) is 0 Å². The molecule has 5 nitrogen and oxygen atoms in total. The summed E-state index contributed by atoms with van der Waals surface area (Å²) in [6.45, 7) is 2.21. The molecule has 22 heavy (non-hydrogen) atoms. The van der Waals surface area contributed by atoms with E-state index in [1.165, 1.54) is 0 Å². The highest BCUT2D eigenvalue weighted by molar-refractivity contribution is 5.74. The van der Waals surface area contributed by atoms with Gasteiger partial charge >= 0.3 is 6.03 Å². The van der Waals surface area contributed by atoms with Gasteiger partial charge in [-0.2, -0.15) is 0 Å². The topological polar surface area (TPSA) is 48.5 Å². The van der Waals surface area contributed by atoms with Crippen molar-refractivity contribution >= 4 is 11.8 Å². The molecule has 1 aromatic heterocycles. The number of benzene rings is 1. The van der Waals surface area contributed by atoms with Gasteiger partial charge in [0, 0.05) is 32.9 Å². The molecule has 0 saturated carbocycles. The zero-order chi connectivity index (χ0) is 15.4. The number of carbonyl (C=O) groups is 1. The lowest BCUT2D eigenvalue weighted by Gasteiger charge is -2.44. The van der Waals surface area contributed by atoms with Crippen LogP contribution in [0.5, 0.6) is 0 Å². The maximum absolute atomic E-state index is 12.2. The van der Waals surface area contributed by atoms with E-state index in [0.29, 0.717) is 6.54 Å². The van der Waals surface area contributed by atoms with Crippen molar-refractivity contribution in [1.82, 2.24) is 15.2 Å². The molecule has 0 radical (unpaired) electrons. The first kappa shape index (κ1) is 14.4. The molecular formula is C17H20N4O. The summed E-state index contributed by atoms with van der Waals surface area (Å²) in [5.41, 5.74) is 1.10. The highest BCUT2D eigenvalue weighted by Gasteiger charge is 2.32. The largest absolute Gasteiger partial charge is 0.352 e. The molecule has 1 aliphatic rings. The third-order valence-electron chi connectivity index (χ3n) is 3.99. The molecule has 2 heterocycles. The minimum Gasteiger partial charge on any atom is -0.352 e. The molecule has 0 bridgehead atoms. The van der Waals surface area contributed by atoms with Crippen LogP contribution in [0.25, 0.3) is 0 Å². The van der Waals surface area contributed by atoms with Crippen molar-refractivity contribution in [3.8, 4) is 0 Å². The van der Waals surface area contributed by atoms with Gasteiger partial charge in [0.25, 0.3) is 0 Å². The second kappa shape index (κ2) is 6.47. The zero-order valence-electron chi connectivity index (χ0n) is 12.6. The molecule has 1 aliphatic heterocycles. The minimum atomic E-state index is -0.0328. The SMILES string of the molecule is CN(C(=O)NCc1ccccc1)C1CN(c2ccccn2)C1. The van der Waals surface area contributed by atoms with Crippen LogP contribution in [0.4, 0.5) is 10.6 Å². The summed E-state index contributed by atoms with van der Waals surface area (Å²) in [7, 11) is 1.85. The predicted molar refractivity (Wildman–Crippen MR) is 86.7 cm³/mol. The van der Waals surface area contributed by atoms with Crippen molar-refractivity contribution in [3.63, 3.8) is 0 Å². The Hall–Kier alpha value is -2.56. The van der Waals surface area contributed by atoms with Gasteiger partial charge in [0.15, 0.2) is 0 Å². The lowest BCUT2D eigenvalue weighted by molar-refractivity contribution is 0.178. The molecule has 0 aliphatic carbocycles. The fourth-order valence-corrected chi connectivity index (χ4v) is 2.49. The summed E-state index contributed by atoms with van der Waals surface area (Å²) in [6.07, 6.45) is 1.79. The molecule has 2 aromatic rings. The summed E-state index contributed by atoms with van der Waals surface area (Å²) >= 11 is 0. The fourth-order valence-electron chi connectivity index (χ4n) is 2.49. The first-order valence-corrected chi connectivity index (χ1v) is 7.44. The van der Waals surface area contributed by atoms with Crippen LogP contribution < -0.4 is 10.2 Å². The third kappa shape index (κ3) is 3.19. The number of hydrogen-bond donors (Lipinski definition) is 1. The van der Waals surface area contributed by atoms with Crippen LogP contribution in [0, 0.1) is 0 Å². The number of nitrogens with one attached hydrogen (secondary N) is 1. The quantitative estimate of drug-likeness (QED) is 0.940. The molecule has 1 aromatic carbocycles. The first-order chi connectivity index (χ1) is 10.7. The fraction of sp³-hybridized carbons (Fsp3) is 0.294. The highest BCUT2D eigenvalue weighted by atomic mass is 16.2. The molecule has 1 fully saturated rings. The molecule has 5 heteroatoms. The van der Waals surface area contributed by atoms with E-state index in [1.54, 1.807) is 11.1 Å². The van der Waals surface area contributed by atoms with Crippen molar-refractivity contribution in [2.24, 2.45) is 0 Å². The van der Waals surface area contributed by atoms with E-state index in [-0.39, 0.29) is 12.1 Å². The van der Waals surface area contributed by atoms with Gasteiger partial charge in [0.2, 0.25) is 0 Å². The monoisotopic (exact) mass is 296 g/mol. The molecule has 114 valence electrons. The summed E-state index contributed by atoms with van der Waals surface area (Å²) < 4.78 is 0. The Bertz CT molecular complexity index is 611. The maximum atomic E-state index is 12.2. The number of likely N-dealkylation sites (N-methyl/N-ethyl adjacent to an activating group) is 1. The minimum absolute atomic E-state index is 0.0328. The smallest absolute Gasteiger partial charge is 0.317 e.